The maximum Gasteiger partial charge on any atom is 0.224 e. The molecule has 0 aliphatic rings. The Morgan fingerprint density at radius 3 is 2.40 bits per heavy atom. The second-order valence-electron chi connectivity index (χ2n) is 8.28. The highest BCUT2D eigenvalue weighted by Gasteiger charge is 2.18. The van der Waals surface area contributed by atoms with Gasteiger partial charge in [-0.15, -0.1) is 0 Å². The second-order valence-corrected chi connectivity index (χ2v) is 8.28. The number of imidazole rings is 1. The molecule has 1 amide bonds. The molecule has 0 bridgehead atoms. The van der Waals surface area contributed by atoms with Crippen LogP contribution in [0.25, 0.3) is 11.0 Å². The zero-order valence-corrected chi connectivity index (χ0v) is 20.4. The van der Waals surface area contributed by atoms with Crippen molar-refractivity contribution in [1.82, 2.24) is 14.9 Å². The molecule has 1 unspecified atom stereocenters. The number of nitrogens with one attached hydrogen (secondary N) is 1. The summed E-state index contributed by atoms with van der Waals surface area (Å²) in [6, 6.07) is 22.9. The first-order valence-corrected chi connectivity index (χ1v) is 11.7. The van der Waals surface area contributed by atoms with E-state index < -0.39 is 0 Å². The monoisotopic (exact) mass is 473 g/mol. The minimum absolute atomic E-state index is 0.0548. The van der Waals surface area contributed by atoms with Gasteiger partial charge < -0.3 is 24.1 Å². The number of aromatic nitrogens is 2. The lowest BCUT2D eigenvalue weighted by atomic mass is 10.1. The highest BCUT2D eigenvalue weighted by atomic mass is 16.5. The van der Waals surface area contributed by atoms with Gasteiger partial charge >= 0.3 is 0 Å². The van der Waals surface area contributed by atoms with Gasteiger partial charge in [0.25, 0.3) is 0 Å². The van der Waals surface area contributed by atoms with Crippen LogP contribution in [0.5, 0.6) is 17.2 Å². The number of aryl methyl sites for hydroxylation is 1. The molecule has 3 aromatic carbocycles. The van der Waals surface area contributed by atoms with Crippen LogP contribution in [-0.2, 0) is 17.8 Å². The quantitative estimate of drug-likeness (QED) is 0.312. The molecule has 0 saturated carbocycles. The molecule has 7 heteroatoms. The SMILES string of the molecule is COc1ccc(CC(=O)NC(C)c2nc3ccccc3n2CCCOc2ccccc2OC)cc1. The van der Waals surface area contributed by atoms with Crippen molar-refractivity contribution in [2.45, 2.75) is 32.4 Å². The number of para-hydroxylation sites is 4. The minimum Gasteiger partial charge on any atom is -0.497 e. The average molecular weight is 474 g/mol. The van der Waals surface area contributed by atoms with Crippen LogP contribution in [-0.4, -0.2) is 36.3 Å². The molecule has 0 spiro atoms. The van der Waals surface area contributed by atoms with Gasteiger partial charge in [0.2, 0.25) is 5.91 Å². The van der Waals surface area contributed by atoms with E-state index in [0.717, 1.165) is 46.1 Å². The summed E-state index contributed by atoms with van der Waals surface area (Å²) >= 11 is 0. The number of fused-ring (bicyclic) bond motifs is 1. The Bertz CT molecular complexity index is 1270. The van der Waals surface area contributed by atoms with Crippen LogP contribution in [0.15, 0.2) is 72.8 Å². The maximum absolute atomic E-state index is 12.7. The van der Waals surface area contributed by atoms with Crippen molar-refractivity contribution in [3.8, 4) is 17.2 Å². The lowest BCUT2D eigenvalue weighted by molar-refractivity contribution is -0.121. The number of benzene rings is 3. The summed E-state index contributed by atoms with van der Waals surface area (Å²) in [7, 11) is 3.26. The topological polar surface area (TPSA) is 74.6 Å². The van der Waals surface area contributed by atoms with Crippen molar-refractivity contribution >= 4 is 16.9 Å². The molecule has 0 saturated heterocycles. The molecular formula is C28H31N3O4. The van der Waals surface area contributed by atoms with Crippen LogP contribution < -0.4 is 19.5 Å². The Labute approximate surface area is 205 Å². The van der Waals surface area contributed by atoms with Crippen LogP contribution in [0.4, 0.5) is 0 Å². The number of carbonyl (C=O) groups excluding carboxylic acids is 1. The highest BCUT2D eigenvalue weighted by Crippen LogP contribution is 2.26. The van der Waals surface area contributed by atoms with Crippen molar-refractivity contribution in [1.29, 1.82) is 0 Å². The Hall–Kier alpha value is -4.00. The molecule has 0 aliphatic carbocycles. The van der Waals surface area contributed by atoms with E-state index in [0.29, 0.717) is 19.6 Å². The molecule has 0 aliphatic heterocycles. The number of ether oxygens (including phenoxy) is 3. The smallest absolute Gasteiger partial charge is 0.224 e. The molecule has 0 fully saturated rings. The summed E-state index contributed by atoms with van der Waals surface area (Å²) in [4.78, 5) is 17.6. The average Bonchev–Trinajstić information content (AvgIpc) is 3.26. The first-order chi connectivity index (χ1) is 17.1. The third-order valence-corrected chi connectivity index (χ3v) is 5.83. The zero-order valence-electron chi connectivity index (χ0n) is 20.4. The first kappa shape index (κ1) is 24.1. The number of nitrogens with zero attached hydrogens (tertiary/aromatic N) is 2. The molecule has 1 N–H and O–H groups in total. The summed E-state index contributed by atoms with van der Waals surface area (Å²) in [6.07, 6.45) is 1.07. The van der Waals surface area contributed by atoms with E-state index in [9.17, 15) is 4.79 Å². The van der Waals surface area contributed by atoms with Crippen LogP contribution in [0.2, 0.25) is 0 Å². The fourth-order valence-corrected chi connectivity index (χ4v) is 4.09. The summed E-state index contributed by atoms with van der Waals surface area (Å²) in [5.74, 6) is 2.98. The summed E-state index contributed by atoms with van der Waals surface area (Å²) in [5, 5.41) is 3.10. The number of methoxy groups -OCH3 is 2. The second kappa shape index (κ2) is 11.4. The molecule has 182 valence electrons. The zero-order chi connectivity index (χ0) is 24.6. The minimum atomic E-state index is -0.247. The van der Waals surface area contributed by atoms with E-state index in [4.69, 9.17) is 19.2 Å². The van der Waals surface area contributed by atoms with Gasteiger partial charge in [0, 0.05) is 6.54 Å². The lowest BCUT2D eigenvalue weighted by Crippen LogP contribution is -2.30. The standard InChI is InChI=1S/C28H31N3O4/c1-20(29-27(32)19-21-13-15-22(33-2)16-14-21)28-30-23-9-4-5-10-24(23)31(28)17-8-18-35-26-12-7-6-11-25(26)34-3/h4-7,9-16,20H,8,17-19H2,1-3H3,(H,29,32). The maximum atomic E-state index is 12.7. The van der Waals surface area contributed by atoms with Crippen molar-refractivity contribution in [2.24, 2.45) is 0 Å². The van der Waals surface area contributed by atoms with Gasteiger partial charge in [0.05, 0.1) is 44.3 Å². The van der Waals surface area contributed by atoms with Gasteiger partial charge in [-0.2, -0.15) is 0 Å². The molecule has 35 heavy (non-hydrogen) atoms. The molecule has 1 atom stereocenters. The van der Waals surface area contributed by atoms with E-state index in [1.165, 1.54) is 0 Å². The Morgan fingerprint density at radius 1 is 0.943 bits per heavy atom. The van der Waals surface area contributed by atoms with E-state index in [-0.39, 0.29) is 11.9 Å². The van der Waals surface area contributed by atoms with Crippen LogP contribution >= 0.6 is 0 Å². The summed E-state index contributed by atoms with van der Waals surface area (Å²) in [6.45, 7) is 3.21. The number of hydrogen-bond acceptors (Lipinski definition) is 5. The third kappa shape index (κ3) is 5.93. The molecule has 4 rings (SSSR count). The van der Waals surface area contributed by atoms with E-state index in [2.05, 4.69) is 16.0 Å². The van der Waals surface area contributed by atoms with Gasteiger partial charge in [0.1, 0.15) is 11.6 Å². The van der Waals surface area contributed by atoms with Crippen molar-refractivity contribution < 1.29 is 19.0 Å². The highest BCUT2D eigenvalue weighted by molar-refractivity contribution is 5.79. The van der Waals surface area contributed by atoms with Crippen molar-refractivity contribution in [3.05, 3.63) is 84.2 Å². The number of hydrogen-bond donors (Lipinski definition) is 1. The summed E-state index contributed by atoms with van der Waals surface area (Å²) in [5.41, 5.74) is 2.87. The Morgan fingerprint density at radius 2 is 1.66 bits per heavy atom. The number of carbonyl (C=O) groups is 1. The largest absolute Gasteiger partial charge is 0.497 e. The van der Waals surface area contributed by atoms with E-state index in [1.54, 1.807) is 14.2 Å². The molecule has 1 heterocycles. The predicted molar refractivity (Wildman–Crippen MR) is 136 cm³/mol. The molecule has 4 aromatic rings. The van der Waals surface area contributed by atoms with Crippen LogP contribution in [0.1, 0.15) is 30.8 Å². The Balaban J connectivity index is 1.42. The van der Waals surface area contributed by atoms with Crippen LogP contribution in [0, 0.1) is 0 Å². The third-order valence-electron chi connectivity index (χ3n) is 5.83. The molecule has 7 nitrogen and oxygen atoms in total. The summed E-state index contributed by atoms with van der Waals surface area (Å²) < 4.78 is 18.7. The lowest BCUT2D eigenvalue weighted by Gasteiger charge is -2.17. The number of rotatable bonds is 11. The van der Waals surface area contributed by atoms with E-state index in [1.807, 2.05) is 73.7 Å². The van der Waals surface area contributed by atoms with E-state index >= 15 is 0 Å². The molecule has 1 aromatic heterocycles. The van der Waals surface area contributed by atoms with Crippen molar-refractivity contribution in [3.63, 3.8) is 0 Å². The fraction of sp³-hybridized carbons (Fsp3) is 0.286. The predicted octanol–water partition coefficient (Wildman–Crippen LogP) is 4.94. The van der Waals surface area contributed by atoms with Gasteiger partial charge in [-0.05, 0) is 55.3 Å². The van der Waals surface area contributed by atoms with Gasteiger partial charge in [-0.3, -0.25) is 4.79 Å². The molecule has 0 radical (unpaired) electrons. The van der Waals surface area contributed by atoms with Crippen LogP contribution in [0.3, 0.4) is 0 Å². The van der Waals surface area contributed by atoms with Crippen molar-refractivity contribution in [2.75, 3.05) is 20.8 Å². The fourth-order valence-electron chi connectivity index (χ4n) is 4.09. The first-order valence-electron chi connectivity index (χ1n) is 11.7. The van der Waals surface area contributed by atoms with Gasteiger partial charge in [0.15, 0.2) is 11.5 Å². The number of amides is 1. The van der Waals surface area contributed by atoms with Gasteiger partial charge in [-0.25, -0.2) is 4.98 Å². The Kier molecular flexibility index (Phi) is 7.88. The van der Waals surface area contributed by atoms with Gasteiger partial charge in [-0.1, -0.05) is 36.4 Å². The molecular weight excluding hydrogens is 442 g/mol. The normalized spacial score (nSPS) is 11.7.